The molecule has 0 N–H and O–H groups in total. The van der Waals surface area contributed by atoms with Gasteiger partial charge in [-0.05, 0) is 37.1 Å². The van der Waals surface area contributed by atoms with Crippen LogP contribution in [0.1, 0.15) is 31.9 Å². The van der Waals surface area contributed by atoms with E-state index < -0.39 is 0 Å². The van der Waals surface area contributed by atoms with Crippen LogP contribution in [0.4, 0.5) is 0 Å². The molecule has 1 nitrogen and oxygen atoms in total. The van der Waals surface area contributed by atoms with Crippen LogP contribution < -0.4 is 0 Å². The Bertz CT molecular complexity index is 490. The first-order chi connectivity index (χ1) is 8.19. The van der Waals surface area contributed by atoms with Crippen molar-refractivity contribution in [1.29, 1.82) is 0 Å². The number of benzene rings is 1. The van der Waals surface area contributed by atoms with Crippen molar-refractivity contribution in [2.75, 3.05) is 0 Å². The van der Waals surface area contributed by atoms with Crippen molar-refractivity contribution in [3.63, 3.8) is 0 Å². The van der Waals surface area contributed by atoms with E-state index in [4.69, 9.17) is 27.6 Å². The molecular weight excluding hydrogens is 255 g/mol. The molecule has 3 heteroatoms. The molecule has 1 atom stereocenters. The van der Waals surface area contributed by atoms with Gasteiger partial charge in [-0.15, -0.1) is 11.6 Å². The number of halogens is 2. The van der Waals surface area contributed by atoms with Gasteiger partial charge in [0.05, 0.1) is 0 Å². The van der Waals surface area contributed by atoms with Crippen molar-refractivity contribution in [3.05, 3.63) is 35.0 Å². The molecule has 1 unspecified atom stereocenters. The van der Waals surface area contributed by atoms with Crippen molar-refractivity contribution >= 4 is 34.2 Å². The molecule has 0 fully saturated rings. The molecule has 2 rings (SSSR count). The molecule has 0 bridgehead atoms. The fraction of sp³-hybridized carbons (Fsp3) is 0.429. The van der Waals surface area contributed by atoms with Crippen molar-refractivity contribution < 1.29 is 4.42 Å². The predicted octanol–water partition coefficient (Wildman–Crippen LogP) is 5.43. The maximum Gasteiger partial charge on any atom is 0.134 e. The smallest absolute Gasteiger partial charge is 0.134 e. The van der Waals surface area contributed by atoms with Gasteiger partial charge in [0.2, 0.25) is 0 Å². The van der Waals surface area contributed by atoms with E-state index in [1.807, 2.05) is 18.2 Å². The Kier molecular flexibility index (Phi) is 4.36. The largest absolute Gasteiger partial charge is 0.461 e. The van der Waals surface area contributed by atoms with Gasteiger partial charge in [0, 0.05) is 22.2 Å². The van der Waals surface area contributed by atoms with Crippen molar-refractivity contribution in [3.8, 4) is 0 Å². The van der Waals surface area contributed by atoms with Gasteiger partial charge in [0.15, 0.2) is 0 Å². The average molecular weight is 271 g/mol. The highest BCUT2D eigenvalue weighted by atomic mass is 35.5. The van der Waals surface area contributed by atoms with E-state index in [1.165, 1.54) is 0 Å². The number of hydrogen-bond donors (Lipinski definition) is 0. The number of fused-ring (bicyclic) bond motifs is 1. The van der Waals surface area contributed by atoms with Gasteiger partial charge < -0.3 is 4.42 Å². The summed E-state index contributed by atoms with van der Waals surface area (Å²) in [6.07, 6.45) is 4.04. The summed E-state index contributed by atoms with van der Waals surface area (Å²) < 4.78 is 5.73. The Morgan fingerprint density at radius 1 is 1.24 bits per heavy atom. The van der Waals surface area contributed by atoms with Gasteiger partial charge >= 0.3 is 0 Å². The van der Waals surface area contributed by atoms with E-state index in [-0.39, 0.29) is 5.38 Å². The third-order valence-electron chi connectivity index (χ3n) is 2.84. The quantitative estimate of drug-likeness (QED) is 0.661. The first-order valence-corrected chi connectivity index (χ1v) is 6.82. The molecule has 2 aromatic rings. The standard InChI is InChI=1S/C14H16Cl2O/c1-2-3-11(15)4-6-13-9-10-8-12(16)5-7-14(10)17-13/h5,7-9,11H,2-4,6H2,1H3. The molecular formula is C14H16Cl2O. The predicted molar refractivity (Wildman–Crippen MR) is 74.1 cm³/mol. The maximum atomic E-state index is 6.19. The lowest BCUT2D eigenvalue weighted by molar-refractivity contribution is 0.529. The van der Waals surface area contributed by atoms with Crippen molar-refractivity contribution in [1.82, 2.24) is 0 Å². The molecule has 0 saturated carbocycles. The molecule has 0 aliphatic rings. The summed E-state index contributed by atoms with van der Waals surface area (Å²) in [7, 11) is 0. The number of alkyl halides is 1. The van der Waals surface area contributed by atoms with E-state index in [1.54, 1.807) is 0 Å². The molecule has 0 amide bonds. The Labute approximate surface area is 112 Å². The summed E-state index contributed by atoms with van der Waals surface area (Å²) in [5.74, 6) is 0.990. The minimum absolute atomic E-state index is 0.247. The minimum Gasteiger partial charge on any atom is -0.461 e. The van der Waals surface area contributed by atoms with E-state index in [9.17, 15) is 0 Å². The van der Waals surface area contributed by atoms with Crippen LogP contribution in [-0.2, 0) is 6.42 Å². The third-order valence-corrected chi connectivity index (χ3v) is 3.51. The van der Waals surface area contributed by atoms with Crippen molar-refractivity contribution in [2.24, 2.45) is 0 Å². The average Bonchev–Trinajstić information content (AvgIpc) is 2.68. The molecule has 1 aromatic heterocycles. The second kappa shape index (κ2) is 5.79. The van der Waals surface area contributed by atoms with Crippen LogP contribution in [-0.4, -0.2) is 5.38 Å². The van der Waals surface area contributed by atoms with Crippen LogP contribution in [0.3, 0.4) is 0 Å². The van der Waals surface area contributed by atoms with E-state index >= 15 is 0 Å². The Morgan fingerprint density at radius 3 is 2.82 bits per heavy atom. The van der Waals surface area contributed by atoms with Crippen LogP contribution in [0.25, 0.3) is 11.0 Å². The minimum atomic E-state index is 0.247. The van der Waals surface area contributed by atoms with Gasteiger partial charge in [-0.3, -0.25) is 0 Å². The molecule has 0 saturated heterocycles. The zero-order chi connectivity index (χ0) is 12.3. The molecule has 0 spiro atoms. The highest BCUT2D eigenvalue weighted by Gasteiger charge is 2.08. The second-order valence-corrected chi connectivity index (χ2v) is 5.37. The molecule has 0 aliphatic heterocycles. The number of rotatable bonds is 5. The van der Waals surface area contributed by atoms with Crippen LogP contribution >= 0.6 is 23.2 Å². The lowest BCUT2D eigenvalue weighted by Crippen LogP contribution is -1.99. The fourth-order valence-electron chi connectivity index (χ4n) is 1.95. The number of hydrogen-bond acceptors (Lipinski definition) is 1. The van der Waals surface area contributed by atoms with E-state index in [0.29, 0.717) is 0 Å². The van der Waals surface area contributed by atoms with Gasteiger partial charge in [-0.1, -0.05) is 24.9 Å². The third kappa shape index (κ3) is 3.40. The highest BCUT2D eigenvalue weighted by molar-refractivity contribution is 6.31. The lowest BCUT2D eigenvalue weighted by Gasteiger charge is -2.05. The topological polar surface area (TPSA) is 13.1 Å². The first kappa shape index (κ1) is 12.8. The molecule has 1 aromatic carbocycles. The van der Waals surface area contributed by atoms with Gasteiger partial charge in [-0.25, -0.2) is 0 Å². The lowest BCUT2D eigenvalue weighted by atomic mass is 10.1. The van der Waals surface area contributed by atoms with Gasteiger partial charge in [0.1, 0.15) is 11.3 Å². The summed E-state index contributed by atoms with van der Waals surface area (Å²) in [6, 6.07) is 7.73. The van der Waals surface area contributed by atoms with Crippen molar-refractivity contribution in [2.45, 2.75) is 38.0 Å². The molecule has 0 radical (unpaired) electrons. The summed E-state index contributed by atoms with van der Waals surface area (Å²) >= 11 is 12.1. The van der Waals surface area contributed by atoms with Gasteiger partial charge in [0.25, 0.3) is 0 Å². The van der Waals surface area contributed by atoms with Crippen LogP contribution in [0, 0.1) is 0 Å². The van der Waals surface area contributed by atoms with Crippen LogP contribution in [0.5, 0.6) is 0 Å². The van der Waals surface area contributed by atoms with Crippen LogP contribution in [0.15, 0.2) is 28.7 Å². The summed E-state index contributed by atoms with van der Waals surface area (Å²) in [5, 5.41) is 2.05. The zero-order valence-electron chi connectivity index (χ0n) is 9.88. The molecule has 92 valence electrons. The monoisotopic (exact) mass is 270 g/mol. The van der Waals surface area contributed by atoms with Crippen LogP contribution in [0.2, 0.25) is 5.02 Å². The molecule has 17 heavy (non-hydrogen) atoms. The fourth-order valence-corrected chi connectivity index (χ4v) is 2.46. The second-order valence-electron chi connectivity index (χ2n) is 4.32. The number of furan rings is 1. The summed E-state index contributed by atoms with van der Waals surface area (Å²) in [5.41, 5.74) is 0.894. The zero-order valence-corrected chi connectivity index (χ0v) is 11.4. The summed E-state index contributed by atoms with van der Waals surface area (Å²) in [4.78, 5) is 0. The Hall–Kier alpha value is -0.660. The van der Waals surface area contributed by atoms with E-state index in [0.717, 1.165) is 47.4 Å². The highest BCUT2D eigenvalue weighted by Crippen LogP contribution is 2.24. The Morgan fingerprint density at radius 2 is 2.06 bits per heavy atom. The summed E-state index contributed by atoms with van der Waals surface area (Å²) in [6.45, 7) is 2.15. The van der Waals surface area contributed by atoms with E-state index in [2.05, 4.69) is 13.0 Å². The number of aryl methyl sites for hydroxylation is 1. The molecule has 0 aliphatic carbocycles. The maximum absolute atomic E-state index is 6.19. The Balaban J connectivity index is 2.04. The molecule has 1 heterocycles. The first-order valence-electron chi connectivity index (χ1n) is 6.01. The SMILES string of the molecule is CCCC(Cl)CCc1cc2cc(Cl)ccc2o1. The normalized spacial score (nSPS) is 13.1. The van der Waals surface area contributed by atoms with Gasteiger partial charge in [-0.2, -0.15) is 0 Å².